The van der Waals surface area contributed by atoms with E-state index in [2.05, 4.69) is 5.32 Å². The second-order valence-electron chi connectivity index (χ2n) is 2.11. The smallest absolute Gasteiger partial charge is 0.150 e. The Morgan fingerprint density at radius 2 is 2.27 bits per heavy atom. The van der Waals surface area contributed by atoms with Crippen LogP contribution in [0.1, 0.15) is 10.4 Å². The van der Waals surface area contributed by atoms with Crippen LogP contribution in [0.5, 0.6) is 0 Å². The molecule has 0 saturated carbocycles. The maximum absolute atomic E-state index is 12.7. The number of carbonyl (C=O) groups excluding carboxylic acids is 1. The third kappa shape index (κ3) is 1.55. The van der Waals surface area contributed by atoms with E-state index in [1.807, 2.05) is 0 Å². The number of aldehydes is 1. The largest absolute Gasteiger partial charge is 0.386 e. The van der Waals surface area contributed by atoms with Crippen molar-refractivity contribution in [3.8, 4) is 0 Å². The number of hydrogen-bond acceptors (Lipinski definition) is 2. The zero-order valence-electron chi connectivity index (χ0n) is 6.10. The van der Waals surface area contributed by atoms with Crippen molar-refractivity contribution in [1.82, 2.24) is 0 Å². The van der Waals surface area contributed by atoms with E-state index in [0.29, 0.717) is 17.5 Å². The second-order valence-corrected chi connectivity index (χ2v) is 2.11. The van der Waals surface area contributed by atoms with Crippen LogP contribution in [0.4, 0.5) is 10.1 Å². The summed E-state index contributed by atoms with van der Waals surface area (Å²) in [6.45, 7) is 0. The average Bonchev–Trinajstić information content (AvgIpc) is 2.05. The first-order valence-corrected chi connectivity index (χ1v) is 3.20. The molecular weight excluding hydrogens is 145 g/mol. The molecule has 1 aromatic carbocycles. The van der Waals surface area contributed by atoms with Gasteiger partial charge in [0.15, 0.2) is 0 Å². The Bertz CT molecular complexity index is 273. The predicted octanol–water partition coefficient (Wildman–Crippen LogP) is 1.68. The van der Waals surface area contributed by atoms with E-state index in [1.165, 1.54) is 18.2 Å². The lowest BCUT2D eigenvalue weighted by atomic mass is 10.2. The third-order valence-corrected chi connectivity index (χ3v) is 1.40. The highest BCUT2D eigenvalue weighted by molar-refractivity contribution is 5.76. The van der Waals surface area contributed by atoms with Crippen molar-refractivity contribution in [1.29, 1.82) is 0 Å². The van der Waals surface area contributed by atoms with E-state index in [4.69, 9.17) is 0 Å². The summed E-state index contributed by atoms with van der Waals surface area (Å²) in [5.74, 6) is -0.349. The van der Waals surface area contributed by atoms with Crippen molar-refractivity contribution in [2.24, 2.45) is 0 Å². The van der Waals surface area contributed by atoms with E-state index in [-0.39, 0.29) is 5.82 Å². The third-order valence-electron chi connectivity index (χ3n) is 1.40. The van der Waals surface area contributed by atoms with Crippen molar-refractivity contribution in [3.63, 3.8) is 0 Å². The van der Waals surface area contributed by atoms with Crippen molar-refractivity contribution >= 4 is 12.0 Å². The molecule has 0 fully saturated rings. The Balaban J connectivity index is 3.12. The van der Waals surface area contributed by atoms with Gasteiger partial charge < -0.3 is 5.32 Å². The fourth-order valence-corrected chi connectivity index (χ4v) is 0.808. The van der Waals surface area contributed by atoms with Crippen LogP contribution in [0.15, 0.2) is 18.2 Å². The van der Waals surface area contributed by atoms with Crippen LogP contribution in [0.25, 0.3) is 0 Å². The van der Waals surface area contributed by atoms with Gasteiger partial charge in [-0.05, 0) is 18.2 Å². The van der Waals surface area contributed by atoms with Crippen LogP contribution in [-0.4, -0.2) is 13.3 Å². The number of rotatable bonds is 2. The van der Waals surface area contributed by atoms with Gasteiger partial charge in [-0.25, -0.2) is 4.39 Å². The van der Waals surface area contributed by atoms with Gasteiger partial charge in [0.2, 0.25) is 0 Å². The minimum Gasteiger partial charge on any atom is -0.386 e. The fraction of sp³-hybridized carbons (Fsp3) is 0.125. The molecular formula is C8H8FNO. The number of halogens is 1. The molecule has 1 rings (SSSR count). The van der Waals surface area contributed by atoms with Crippen LogP contribution >= 0.6 is 0 Å². The van der Waals surface area contributed by atoms with Crippen molar-refractivity contribution < 1.29 is 9.18 Å². The molecule has 0 amide bonds. The molecule has 1 aromatic rings. The summed E-state index contributed by atoms with van der Waals surface area (Å²) in [5.41, 5.74) is 0.811. The zero-order valence-corrected chi connectivity index (χ0v) is 6.10. The van der Waals surface area contributed by atoms with Gasteiger partial charge in [-0.2, -0.15) is 0 Å². The zero-order chi connectivity index (χ0) is 8.27. The quantitative estimate of drug-likeness (QED) is 0.655. The normalized spacial score (nSPS) is 9.27. The standard InChI is InChI=1S/C8H8FNO/c1-10-8-4-6(5-11)2-3-7(8)9/h2-5,10H,1H3. The van der Waals surface area contributed by atoms with Crippen molar-refractivity contribution in [2.75, 3.05) is 12.4 Å². The van der Waals surface area contributed by atoms with Crippen LogP contribution in [0.3, 0.4) is 0 Å². The van der Waals surface area contributed by atoms with Crippen molar-refractivity contribution in [2.45, 2.75) is 0 Å². The summed E-state index contributed by atoms with van der Waals surface area (Å²) < 4.78 is 12.7. The van der Waals surface area contributed by atoms with E-state index in [0.717, 1.165) is 0 Å². The van der Waals surface area contributed by atoms with Crippen LogP contribution in [0, 0.1) is 5.82 Å². The summed E-state index contributed by atoms with van der Waals surface area (Å²) in [7, 11) is 1.60. The first-order chi connectivity index (χ1) is 5.27. The maximum atomic E-state index is 12.7. The lowest BCUT2D eigenvalue weighted by Gasteiger charge is -2.00. The Morgan fingerprint density at radius 1 is 1.55 bits per heavy atom. The number of benzene rings is 1. The molecule has 2 nitrogen and oxygen atoms in total. The second kappa shape index (κ2) is 3.14. The molecule has 0 saturated heterocycles. The summed E-state index contributed by atoms with van der Waals surface area (Å²) in [4.78, 5) is 10.2. The molecule has 0 heterocycles. The van der Waals surface area contributed by atoms with Crippen LogP contribution < -0.4 is 5.32 Å². The predicted molar refractivity (Wildman–Crippen MR) is 41.3 cm³/mol. The molecule has 0 aliphatic rings. The van der Waals surface area contributed by atoms with E-state index in [1.54, 1.807) is 7.05 Å². The molecule has 0 bridgehead atoms. The summed E-state index contributed by atoms with van der Waals surface area (Å²) >= 11 is 0. The van der Waals surface area contributed by atoms with E-state index in [9.17, 15) is 9.18 Å². The molecule has 1 N–H and O–H groups in total. The van der Waals surface area contributed by atoms with Crippen LogP contribution in [0.2, 0.25) is 0 Å². The van der Waals surface area contributed by atoms with Crippen LogP contribution in [-0.2, 0) is 0 Å². The summed E-state index contributed by atoms with van der Waals surface area (Å²) in [6.07, 6.45) is 0.681. The van der Waals surface area contributed by atoms with Gasteiger partial charge in [0.05, 0.1) is 5.69 Å². The maximum Gasteiger partial charge on any atom is 0.150 e. The molecule has 0 aromatic heterocycles. The van der Waals surface area contributed by atoms with Gasteiger partial charge in [0, 0.05) is 12.6 Å². The Hall–Kier alpha value is -1.38. The van der Waals surface area contributed by atoms with Gasteiger partial charge in [0.1, 0.15) is 12.1 Å². The Labute approximate surface area is 64.0 Å². The average molecular weight is 153 g/mol. The molecule has 0 unspecified atom stereocenters. The molecule has 0 aliphatic heterocycles. The highest BCUT2D eigenvalue weighted by Crippen LogP contribution is 2.13. The lowest BCUT2D eigenvalue weighted by Crippen LogP contribution is -1.93. The highest BCUT2D eigenvalue weighted by Gasteiger charge is 1.99. The number of carbonyl (C=O) groups is 1. The molecule has 58 valence electrons. The van der Waals surface area contributed by atoms with Gasteiger partial charge in [-0.3, -0.25) is 4.79 Å². The fourth-order valence-electron chi connectivity index (χ4n) is 0.808. The molecule has 0 aliphatic carbocycles. The van der Waals surface area contributed by atoms with Crippen molar-refractivity contribution in [3.05, 3.63) is 29.6 Å². The number of hydrogen-bond donors (Lipinski definition) is 1. The minimum absolute atomic E-state index is 0.342. The topological polar surface area (TPSA) is 29.1 Å². The number of anilines is 1. The first kappa shape index (κ1) is 7.72. The molecule has 0 spiro atoms. The highest BCUT2D eigenvalue weighted by atomic mass is 19.1. The Morgan fingerprint density at radius 3 is 2.82 bits per heavy atom. The molecule has 11 heavy (non-hydrogen) atoms. The molecule has 0 atom stereocenters. The minimum atomic E-state index is -0.349. The van der Waals surface area contributed by atoms with Gasteiger partial charge in [0.25, 0.3) is 0 Å². The SMILES string of the molecule is CNc1cc(C=O)ccc1F. The monoisotopic (exact) mass is 153 g/mol. The summed E-state index contributed by atoms with van der Waals surface area (Å²) in [6, 6.07) is 4.15. The Kier molecular flexibility index (Phi) is 2.21. The van der Waals surface area contributed by atoms with Gasteiger partial charge in [-0.1, -0.05) is 0 Å². The first-order valence-electron chi connectivity index (χ1n) is 3.20. The van der Waals surface area contributed by atoms with E-state index >= 15 is 0 Å². The van der Waals surface area contributed by atoms with Gasteiger partial charge in [-0.15, -0.1) is 0 Å². The summed E-state index contributed by atoms with van der Waals surface area (Å²) in [5, 5.41) is 2.64. The number of nitrogens with one attached hydrogen (secondary N) is 1. The van der Waals surface area contributed by atoms with E-state index < -0.39 is 0 Å². The van der Waals surface area contributed by atoms with Gasteiger partial charge >= 0.3 is 0 Å². The molecule has 3 heteroatoms. The molecule has 0 radical (unpaired) electrons. The lowest BCUT2D eigenvalue weighted by molar-refractivity contribution is 0.112.